The zero-order valence-electron chi connectivity index (χ0n) is 17.0. The molecular weight excluding hydrogens is 360 g/mol. The van der Waals surface area contributed by atoms with Crippen molar-refractivity contribution in [1.82, 2.24) is 0 Å². The molecule has 1 heterocycles. The third kappa shape index (κ3) is 2.79. The summed E-state index contributed by atoms with van der Waals surface area (Å²) in [6, 6.07) is 0. The maximum absolute atomic E-state index is 13.3. The smallest absolute Gasteiger partial charge is 0.333 e. The fourth-order valence-electron chi connectivity index (χ4n) is 5.87. The van der Waals surface area contributed by atoms with E-state index >= 15 is 0 Å². The molecule has 4 aliphatic rings. The topological polar surface area (TPSA) is 78.9 Å². The van der Waals surface area contributed by atoms with Crippen LogP contribution in [0.4, 0.5) is 0 Å². The molecule has 2 bridgehead atoms. The summed E-state index contributed by atoms with van der Waals surface area (Å²) >= 11 is 0. The van der Waals surface area contributed by atoms with Gasteiger partial charge in [-0.05, 0) is 52.4 Å². The van der Waals surface area contributed by atoms with Crippen LogP contribution in [-0.4, -0.2) is 35.7 Å². The van der Waals surface area contributed by atoms with E-state index in [1.54, 1.807) is 6.92 Å². The average Bonchev–Trinajstić information content (AvgIpc) is 3.24. The third-order valence-electron chi connectivity index (χ3n) is 7.47. The van der Waals surface area contributed by atoms with Gasteiger partial charge in [0.05, 0.1) is 0 Å². The molecule has 0 spiro atoms. The lowest BCUT2D eigenvalue weighted by Crippen LogP contribution is -2.49. The quantitative estimate of drug-likeness (QED) is 0.310. The predicted octanol–water partition coefficient (Wildman–Crippen LogP) is 3.33. The van der Waals surface area contributed by atoms with Crippen LogP contribution in [0.3, 0.4) is 0 Å². The van der Waals surface area contributed by atoms with E-state index in [1.165, 1.54) is 6.42 Å². The van der Waals surface area contributed by atoms with Gasteiger partial charge < -0.3 is 14.2 Å². The molecule has 0 aromatic carbocycles. The molecular formula is C22H30O6. The van der Waals surface area contributed by atoms with Gasteiger partial charge in [-0.3, -0.25) is 9.59 Å². The normalized spacial score (nSPS) is 36.9. The lowest BCUT2D eigenvalue weighted by Gasteiger charge is -2.39. The number of rotatable bonds is 5. The summed E-state index contributed by atoms with van der Waals surface area (Å²) in [5.74, 6) is -1.46. The van der Waals surface area contributed by atoms with E-state index in [0.29, 0.717) is 24.3 Å². The van der Waals surface area contributed by atoms with Crippen LogP contribution in [0.1, 0.15) is 65.7 Å². The van der Waals surface area contributed by atoms with Gasteiger partial charge in [-0.1, -0.05) is 25.8 Å². The minimum Gasteiger partial charge on any atom is -0.459 e. The number of hydrogen-bond donors (Lipinski definition) is 0. The second-order valence-electron chi connectivity index (χ2n) is 9.63. The van der Waals surface area contributed by atoms with E-state index in [4.69, 9.17) is 14.2 Å². The van der Waals surface area contributed by atoms with Crippen molar-refractivity contribution < 1.29 is 28.6 Å². The van der Waals surface area contributed by atoms with E-state index in [9.17, 15) is 14.4 Å². The first kappa shape index (κ1) is 19.5. The summed E-state index contributed by atoms with van der Waals surface area (Å²) in [7, 11) is 0. The fraction of sp³-hybridized carbons (Fsp3) is 0.773. The van der Waals surface area contributed by atoms with Crippen LogP contribution in [0.5, 0.6) is 0 Å². The molecule has 0 aromatic rings. The molecule has 28 heavy (non-hydrogen) atoms. The van der Waals surface area contributed by atoms with Crippen molar-refractivity contribution in [2.24, 2.45) is 23.2 Å². The molecule has 6 heteroatoms. The van der Waals surface area contributed by atoms with E-state index in [-0.39, 0.29) is 11.8 Å². The first-order chi connectivity index (χ1) is 13.2. The van der Waals surface area contributed by atoms with Crippen LogP contribution < -0.4 is 0 Å². The largest absolute Gasteiger partial charge is 0.459 e. The lowest BCUT2D eigenvalue weighted by atomic mass is 9.73. The Balaban J connectivity index is 1.50. The number of esters is 3. The Labute approximate surface area is 166 Å². The van der Waals surface area contributed by atoms with Gasteiger partial charge in [-0.25, -0.2) is 4.79 Å². The monoisotopic (exact) mass is 390 g/mol. The summed E-state index contributed by atoms with van der Waals surface area (Å²) in [4.78, 5) is 38.0. The fourth-order valence-corrected chi connectivity index (χ4v) is 5.87. The van der Waals surface area contributed by atoms with Gasteiger partial charge >= 0.3 is 17.9 Å². The molecule has 1 saturated heterocycles. The van der Waals surface area contributed by atoms with Crippen LogP contribution in [0, 0.1) is 23.2 Å². The van der Waals surface area contributed by atoms with Crippen LogP contribution >= 0.6 is 0 Å². The molecule has 5 atom stereocenters. The highest BCUT2D eigenvalue weighted by Crippen LogP contribution is 2.63. The van der Waals surface area contributed by atoms with E-state index in [2.05, 4.69) is 6.58 Å². The summed E-state index contributed by atoms with van der Waals surface area (Å²) in [6.07, 6.45) is 5.56. The molecule has 0 aromatic heterocycles. The van der Waals surface area contributed by atoms with Crippen molar-refractivity contribution in [3.05, 3.63) is 12.2 Å². The van der Waals surface area contributed by atoms with Crippen molar-refractivity contribution in [2.75, 3.05) is 0 Å². The molecule has 0 amide bonds. The zero-order chi connectivity index (χ0) is 20.3. The summed E-state index contributed by atoms with van der Waals surface area (Å²) in [6.45, 7) is 9.11. The highest BCUT2D eigenvalue weighted by atomic mass is 16.6. The van der Waals surface area contributed by atoms with E-state index < -0.39 is 41.1 Å². The van der Waals surface area contributed by atoms with Gasteiger partial charge in [0.15, 0.2) is 5.41 Å². The van der Waals surface area contributed by atoms with Crippen molar-refractivity contribution in [3.63, 3.8) is 0 Å². The van der Waals surface area contributed by atoms with Crippen LogP contribution in [-0.2, 0) is 28.6 Å². The van der Waals surface area contributed by atoms with Gasteiger partial charge in [0.1, 0.15) is 17.8 Å². The SMILES string of the molecule is C=C(C)C(=O)OC1C2CC3C1OC(=O)C3(C(=O)OC(C)(C)C1CCCCC1)C2. The summed E-state index contributed by atoms with van der Waals surface area (Å²) in [5, 5.41) is 0. The van der Waals surface area contributed by atoms with Crippen molar-refractivity contribution >= 4 is 17.9 Å². The molecule has 0 radical (unpaired) electrons. The molecule has 6 nitrogen and oxygen atoms in total. The van der Waals surface area contributed by atoms with Crippen LogP contribution in [0.15, 0.2) is 12.2 Å². The number of carbonyl (C=O) groups excluding carboxylic acids is 3. The Morgan fingerprint density at radius 1 is 1.21 bits per heavy atom. The van der Waals surface area contributed by atoms with Gasteiger partial charge in [0.2, 0.25) is 0 Å². The Morgan fingerprint density at radius 2 is 1.89 bits per heavy atom. The van der Waals surface area contributed by atoms with Crippen molar-refractivity contribution in [3.8, 4) is 0 Å². The predicted molar refractivity (Wildman–Crippen MR) is 100.0 cm³/mol. The molecule has 0 N–H and O–H groups in total. The van der Waals surface area contributed by atoms with Crippen LogP contribution in [0.25, 0.3) is 0 Å². The molecule has 3 saturated carbocycles. The molecule has 5 unspecified atom stereocenters. The first-order valence-corrected chi connectivity index (χ1v) is 10.5. The Bertz CT molecular complexity index is 719. The Morgan fingerprint density at radius 3 is 2.54 bits per heavy atom. The highest BCUT2D eigenvalue weighted by molar-refractivity contribution is 6.03. The minimum atomic E-state index is -1.23. The summed E-state index contributed by atoms with van der Waals surface area (Å²) in [5.41, 5.74) is -1.52. The standard InChI is InChI=1S/C22H30O6/c1-12(2)18(23)26-16-13-10-15-17(16)27-19(24)22(15,11-13)20(25)28-21(3,4)14-8-6-5-7-9-14/h13-17H,1,5-11H2,2-4H3. The summed E-state index contributed by atoms with van der Waals surface area (Å²) < 4.78 is 17.1. The van der Waals surface area contributed by atoms with Crippen LogP contribution in [0.2, 0.25) is 0 Å². The lowest BCUT2D eigenvalue weighted by molar-refractivity contribution is -0.180. The van der Waals surface area contributed by atoms with Gasteiger partial charge in [-0.15, -0.1) is 0 Å². The number of hydrogen-bond acceptors (Lipinski definition) is 6. The maximum atomic E-state index is 13.3. The Kier molecular flexibility index (Phi) is 4.59. The number of carbonyl (C=O) groups is 3. The molecule has 154 valence electrons. The van der Waals surface area contributed by atoms with Gasteiger partial charge in [0, 0.05) is 17.4 Å². The zero-order valence-corrected chi connectivity index (χ0v) is 17.0. The molecule has 4 fully saturated rings. The minimum absolute atomic E-state index is 0.0601. The number of ether oxygens (including phenoxy) is 3. The molecule has 1 aliphatic heterocycles. The average molecular weight is 390 g/mol. The third-order valence-corrected chi connectivity index (χ3v) is 7.47. The number of fused-ring (bicyclic) bond motifs is 1. The second-order valence-corrected chi connectivity index (χ2v) is 9.63. The van der Waals surface area contributed by atoms with Crippen molar-refractivity contribution in [2.45, 2.75) is 83.5 Å². The second kappa shape index (κ2) is 6.60. The van der Waals surface area contributed by atoms with Gasteiger partial charge in [-0.2, -0.15) is 0 Å². The van der Waals surface area contributed by atoms with Gasteiger partial charge in [0.25, 0.3) is 0 Å². The molecule has 3 aliphatic carbocycles. The maximum Gasteiger partial charge on any atom is 0.333 e. The molecule has 4 rings (SSSR count). The van der Waals surface area contributed by atoms with E-state index in [1.807, 2.05) is 13.8 Å². The highest BCUT2D eigenvalue weighted by Gasteiger charge is 2.75. The van der Waals surface area contributed by atoms with E-state index in [0.717, 1.165) is 25.7 Å². The first-order valence-electron chi connectivity index (χ1n) is 10.5. The Hall–Kier alpha value is -1.85. The van der Waals surface area contributed by atoms with Crippen molar-refractivity contribution in [1.29, 1.82) is 0 Å².